The Bertz CT molecular complexity index is 106. The van der Waals surface area contributed by atoms with Gasteiger partial charge in [0.15, 0.2) is 0 Å². The molecule has 0 atom stereocenters. The summed E-state index contributed by atoms with van der Waals surface area (Å²) in [5.74, 6) is 1.70. The fourth-order valence-corrected chi connectivity index (χ4v) is 1.91. The summed E-state index contributed by atoms with van der Waals surface area (Å²) in [6.45, 7) is 4.58. The monoisotopic (exact) mass is 173 g/mol. The molecule has 0 unspecified atom stereocenters. The third kappa shape index (κ3) is 3.11. The predicted molar refractivity (Wildman–Crippen MR) is 52.2 cm³/mol. The maximum Gasteiger partial charge on any atom is 0.0319 e. The van der Waals surface area contributed by atoms with Gasteiger partial charge in [-0.15, -0.1) is 0 Å². The second-order valence-electron chi connectivity index (χ2n) is 3.98. The Labute approximate surface area is 76.3 Å². The highest BCUT2D eigenvalue weighted by atomic mass is 16.5. The van der Waals surface area contributed by atoms with E-state index in [9.17, 15) is 0 Å². The molecule has 0 aromatic carbocycles. The van der Waals surface area contributed by atoms with E-state index in [0.29, 0.717) is 6.04 Å². The van der Waals surface area contributed by atoms with Crippen molar-refractivity contribution in [1.82, 2.24) is 5.48 Å². The van der Waals surface area contributed by atoms with Gasteiger partial charge >= 0.3 is 0 Å². The number of hydroxylamine groups is 1. The van der Waals surface area contributed by atoms with E-state index in [1.54, 1.807) is 0 Å². The molecular weight excluding hydrogens is 150 g/mol. The van der Waals surface area contributed by atoms with Gasteiger partial charge in [0, 0.05) is 6.04 Å². The summed E-state index contributed by atoms with van der Waals surface area (Å²) in [6, 6.07) is 0.366. The first-order valence-electron chi connectivity index (χ1n) is 4.63. The van der Waals surface area contributed by atoms with E-state index in [1.807, 2.05) is 0 Å². The Morgan fingerprint density at radius 1 is 1.17 bits per heavy atom. The topological polar surface area (TPSA) is 32.3 Å². The standard InChI is InChI=1S/C9H19NO.CH4/c1-7(2)8-3-5-9(10-11)6-4-8;/h7-11H,3-6H2,1-2H3;1H4. The van der Waals surface area contributed by atoms with Crippen LogP contribution in [0, 0.1) is 11.8 Å². The molecule has 0 bridgehead atoms. The molecule has 0 aromatic heterocycles. The zero-order chi connectivity index (χ0) is 8.27. The molecule has 2 heteroatoms. The zero-order valence-corrected chi connectivity index (χ0v) is 7.51. The molecular formula is C10H23NO. The maximum atomic E-state index is 8.67. The van der Waals surface area contributed by atoms with Crippen molar-refractivity contribution >= 4 is 0 Å². The van der Waals surface area contributed by atoms with E-state index in [-0.39, 0.29) is 7.43 Å². The van der Waals surface area contributed by atoms with Gasteiger partial charge in [-0.25, -0.2) is 5.48 Å². The van der Waals surface area contributed by atoms with Gasteiger partial charge in [-0.3, -0.25) is 0 Å². The second-order valence-corrected chi connectivity index (χ2v) is 3.98. The van der Waals surface area contributed by atoms with Crippen LogP contribution in [0.5, 0.6) is 0 Å². The lowest BCUT2D eigenvalue weighted by Gasteiger charge is -2.29. The van der Waals surface area contributed by atoms with Gasteiger partial charge in [0.05, 0.1) is 0 Å². The summed E-state index contributed by atoms with van der Waals surface area (Å²) in [6.07, 6.45) is 4.82. The van der Waals surface area contributed by atoms with Crippen LogP contribution in [0.3, 0.4) is 0 Å². The fourth-order valence-electron chi connectivity index (χ4n) is 1.91. The predicted octanol–water partition coefficient (Wildman–Crippen LogP) is 2.82. The van der Waals surface area contributed by atoms with Gasteiger partial charge in [0.25, 0.3) is 0 Å². The van der Waals surface area contributed by atoms with E-state index in [0.717, 1.165) is 24.7 Å². The van der Waals surface area contributed by atoms with Crippen molar-refractivity contribution in [3.8, 4) is 0 Å². The molecule has 1 aliphatic carbocycles. The van der Waals surface area contributed by atoms with Crippen LogP contribution in [0.2, 0.25) is 0 Å². The van der Waals surface area contributed by atoms with Crippen molar-refractivity contribution in [1.29, 1.82) is 0 Å². The lowest BCUT2D eigenvalue weighted by Crippen LogP contribution is -2.31. The minimum absolute atomic E-state index is 0. The van der Waals surface area contributed by atoms with E-state index in [2.05, 4.69) is 19.3 Å². The average molecular weight is 173 g/mol. The van der Waals surface area contributed by atoms with Crippen LogP contribution in [-0.4, -0.2) is 11.2 Å². The molecule has 0 aliphatic heterocycles. The van der Waals surface area contributed by atoms with E-state index < -0.39 is 0 Å². The molecule has 0 aromatic rings. The Morgan fingerprint density at radius 3 is 2.00 bits per heavy atom. The van der Waals surface area contributed by atoms with E-state index in [4.69, 9.17) is 5.21 Å². The summed E-state index contributed by atoms with van der Waals surface area (Å²) in [5.41, 5.74) is 2.36. The summed E-state index contributed by atoms with van der Waals surface area (Å²) < 4.78 is 0. The van der Waals surface area contributed by atoms with Crippen LogP contribution in [0.1, 0.15) is 47.0 Å². The number of hydrogen-bond donors (Lipinski definition) is 2. The van der Waals surface area contributed by atoms with Crippen LogP contribution in [0.4, 0.5) is 0 Å². The molecule has 2 N–H and O–H groups in total. The minimum Gasteiger partial charge on any atom is -0.317 e. The molecule has 74 valence electrons. The van der Waals surface area contributed by atoms with Crippen molar-refractivity contribution in [2.45, 2.75) is 53.0 Å². The smallest absolute Gasteiger partial charge is 0.0319 e. The SMILES string of the molecule is C.CC(C)C1CCC(NO)CC1. The van der Waals surface area contributed by atoms with Gasteiger partial charge in [-0.05, 0) is 37.5 Å². The van der Waals surface area contributed by atoms with E-state index >= 15 is 0 Å². The third-order valence-electron chi connectivity index (χ3n) is 2.90. The molecule has 12 heavy (non-hydrogen) atoms. The number of rotatable bonds is 2. The highest BCUT2D eigenvalue weighted by Gasteiger charge is 2.22. The van der Waals surface area contributed by atoms with Gasteiger partial charge < -0.3 is 5.21 Å². The molecule has 1 fully saturated rings. The third-order valence-corrected chi connectivity index (χ3v) is 2.90. The van der Waals surface area contributed by atoms with Crippen LogP contribution in [-0.2, 0) is 0 Å². The summed E-state index contributed by atoms with van der Waals surface area (Å²) >= 11 is 0. The highest BCUT2D eigenvalue weighted by Crippen LogP contribution is 2.29. The van der Waals surface area contributed by atoms with Crippen LogP contribution in [0.25, 0.3) is 0 Å². The van der Waals surface area contributed by atoms with Crippen molar-refractivity contribution in [2.75, 3.05) is 0 Å². The van der Waals surface area contributed by atoms with Crippen molar-refractivity contribution < 1.29 is 5.21 Å². The lowest BCUT2D eigenvalue weighted by atomic mass is 9.80. The summed E-state index contributed by atoms with van der Waals surface area (Å²) in [5, 5.41) is 8.67. The average Bonchev–Trinajstić information content (AvgIpc) is 2.05. The van der Waals surface area contributed by atoms with Crippen molar-refractivity contribution in [3.63, 3.8) is 0 Å². The first-order chi connectivity index (χ1) is 5.24. The molecule has 0 spiro atoms. The lowest BCUT2D eigenvalue weighted by molar-refractivity contribution is 0.0907. The van der Waals surface area contributed by atoms with Gasteiger partial charge in [0.1, 0.15) is 0 Å². The molecule has 0 amide bonds. The quantitative estimate of drug-likeness (QED) is 0.629. The second kappa shape index (κ2) is 5.55. The molecule has 0 saturated heterocycles. The molecule has 0 heterocycles. The maximum absolute atomic E-state index is 8.67. The number of nitrogens with one attached hydrogen (secondary N) is 1. The first kappa shape index (κ1) is 11.9. The summed E-state index contributed by atoms with van der Waals surface area (Å²) in [4.78, 5) is 0. The van der Waals surface area contributed by atoms with Gasteiger partial charge in [-0.2, -0.15) is 0 Å². The highest BCUT2D eigenvalue weighted by molar-refractivity contribution is 4.76. The molecule has 1 saturated carbocycles. The molecule has 1 aliphatic rings. The van der Waals surface area contributed by atoms with Crippen LogP contribution in [0.15, 0.2) is 0 Å². The minimum atomic E-state index is 0. The van der Waals surface area contributed by atoms with Crippen LogP contribution >= 0.6 is 0 Å². The van der Waals surface area contributed by atoms with Crippen LogP contribution < -0.4 is 5.48 Å². The van der Waals surface area contributed by atoms with Crippen molar-refractivity contribution in [3.05, 3.63) is 0 Å². The van der Waals surface area contributed by atoms with Gasteiger partial charge in [-0.1, -0.05) is 21.3 Å². The van der Waals surface area contributed by atoms with E-state index in [1.165, 1.54) is 12.8 Å². The Hall–Kier alpha value is -0.0800. The largest absolute Gasteiger partial charge is 0.317 e. The number of hydrogen-bond acceptors (Lipinski definition) is 2. The molecule has 2 nitrogen and oxygen atoms in total. The molecule has 0 radical (unpaired) electrons. The summed E-state index contributed by atoms with van der Waals surface area (Å²) in [7, 11) is 0. The zero-order valence-electron chi connectivity index (χ0n) is 7.51. The van der Waals surface area contributed by atoms with Crippen molar-refractivity contribution in [2.24, 2.45) is 11.8 Å². The Balaban J connectivity index is 0.00000121. The Kier molecular flexibility index (Phi) is 5.51. The fraction of sp³-hybridized carbons (Fsp3) is 1.00. The Morgan fingerprint density at radius 2 is 1.67 bits per heavy atom. The first-order valence-corrected chi connectivity index (χ1v) is 4.63. The van der Waals surface area contributed by atoms with Gasteiger partial charge in [0.2, 0.25) is 0 Å². The normalized spacial score (nSPS) is 30.0. The molecule has 1 rings (SSSR count).